The van der Waals surface area contributed by atoms with E-state index in [1.165, 1.54) is 4.90 Å². The molecule has 0 aromatic carbocycles. The third kappa shape index (κ3) is 4.43. The van der Waals surface area contributed by atoms with Crippen molar-refractivity contribution >= 4 is 15.9 Å². The van der Waals surface area contributed by atoms with Crippen molar-refractivity contribution in [1.82, 2.24) is 9.88 Å². The predicted octanol–water partition coefficient (Wildman–Crippen LogP) is 2.01. The average molecular weight is 326 g/mol. The van der Waals surface area contributed by atoms with Crippen LogP contribution in [0.4, 0.5) is 4.79 Å². The number of nitrogens with zero attached hydrogens (tertiary/aromatic N) is 2. The number of ether oxygens (including phenoxy) is 1. The molecule has 0 radical (unpaired) electrons. The van der Waals surface area contributed by atoms with Gasteiger partial charge in [0, 0.05) is 19.3 Å². The first kappa shape index (κ1) is 16.7. The highest BCUT2D eigenvalue weighted by molar-refractivity contribution is 7.91. The highest BCUT2D eigenvalue weighted by atomic mass is 32.2. The molecule has 1 aromatic rings. The highest BCUT2D eigenvalue weighted by Crippen LogP contribution is 2.22. The van der Waals surface area contributed by atoms with Gasteiger partial charge in [0.25, 0.3) is 0 Å². The molecule has 1 aliphatic heterocycles. The topological polar surface area (TPSA) is 76.6 Å². The van der Waals surface area contributed by atoms with Gasteiger partial charge in [0.2, 0.25) is 0 Å². The maximum Gasteiger partial charge on any atom is 0.410 e. The van der Waals surface area contributed by atoms with Gasteiger partial charge in [-0.15, -0.1) is 0 Å². The Bertz CT molecular complexity index is 623. The van der Waals surface area contributed by atoms with E-state index in [2.05, 4.69) is 4.98 Å². The maximum atomic E-state index is 12.4. The van der Waals surface area contributed by atoms with Gasteiger partial charge in [0.15, 0.2) is 9.84 Å². The van der Waals surface area contributed by atoms with Gasteiger partial charge < -0.3 is 9.64 Å². The Morgan fingerprint density at radius 2 is 2.14 bits per heavy atom. The smallest absolute Gasteiger partial charge is 0.410 e. The Labute approximate surface area is 131 Å². The normalized spacial score (nSPS) is 19.2. The zero-order chi connectivity index (χ0) is 16.4. The molecule has 0 spiro atoms. The Kier molecular flexibility index (Phi) is 4.75. The van der Waals surface area contributed by atoms with Crippen molar-refractivity contribution in [3.8, 4) is 0 Å². The second-order valence-electron chi connectivity index (χ2n) is 6.47. The fourth-order valence-electron chi connectivity index (χ4n) is 2.32. The zero-order valence-electron chi connectivity index (χ0n) is 13.2. The maximum absolute atomic E-state index is 12.4. The third-order valence-electron chi connectivity index (χ3n) is 3.38. The van der Waals surface area contributed by atoms with E-state index >= 15 is 0 Å². The van der Waals surface area contributed by atoms with Gasteiger partial charge in [0.05, 0.1) is 16.7 Å². The van der Waals surface area contributed by atoms with Crippen LogP contribution in [0.15, 0.2) is 24.4 Å². The standard InChI is InChI=1S/C15H22N2O4S/c1-15(2,3)21-14(18)17-9-7-13(10-17)22(19,20)11-12-6-4-5-8-16-12/h4-6,8,13H,7,9-11H2,1-3H3/t13-/m1/s1. The minimum absolute atomic E-state index is 0.0966. The number of carbonyl (C=O) groups is 1. The van der Waals surface area contributed by atoms with E-state index in [0.29, 0.717) is 18.7 Å². The molecule has 0 aliphatic carbocycles. The Hall–Kier alpha value is -1.63. The molecule has 1 saturated heterocycles. The summed E-state index contributed by atoms with van der Waals surface area (Å²) in [6.07, 6.45) is 1.56. The van der Waals surface area contributed by atoms with Crippen LogP contribution in [-0.4, -0.2) is 48.3 Å². The van der Waals surface area contributed by atoms with E-state index in [4.69, 9.17) is 4.74 Å². The van der Waals surface area contributed by atoms with Gasteiger partial charge in [-0.2, -0.15) is 0 Å². The second kappa shape index (κ2) is 6.24. The molecular weight excluding hydrogens is 304 g/mol. The molecule has 2 heterocycles. The molecule has 1 aliphatic rings. The van der Waals surface area contributed by atoms with E-state index in [-0.39, 0.29) is 12.3 Å². The molecule has 122 valence electrons. The first-order valence-electron chi connectivity index (χ1n) is 7.27. The van der Waals surface area contributed by atoms with Crippen LogP contribution in [0.2, 0.25) is 0 Å². The summed E-state index contributed by atoms with van der Waals surface area (Å²) in [4.78, 5) is 17.5. The summed E-state index contributed by atoms with van der Waals surface area (Å²) < 4.78 is 30.2. The zero-order valence-corrected chi connectivity index (χ0v) is 14.0. The molecular formula is C15H22N2O4S. The number of pyridine rings is 1. The average Bonchev–Trinajstić information content (AvgIpc) is 2.87. The van der Waals surface area contributed by atoms with Crippen LogP contribution in [0, 0.1) is 0 Å². The Balaban J connectivity index is 1.99. The van der Waals surface area contributed by atoms with Crippen molar-refractivity contribution in [2.45, 2.75) is 43.8 Å². The summed E-state index contributed by atoms with van der Waals surface area (Å²) in [6, 6.07) is 5.20. The van der Waals surface area contributed by atoms with E-state index < -0.39 is 26.8 Å². The number of hydrogen-bond acceptors (Lipinski definition) is 5. The number of sulfone groups is 1. The highest BCUT2D eigenvalue weighted by Gasteiger charge is 2.36. The summed E-state index contributed by atoms with van der Waals surface area (Å²) >= 11 is 0. The number of likely N-dealkylation sites (tertiary alicyclic amines) is 1. The number of hydrogen-bond donors (Lipinski definition) is 0. The fraction of sp³-hybridized carbons (Fsp3) is 0.600. The minimum Gasteiger partial charge on any atom is -0.444 e. The number of rotatable bonds is 3. The summed E-state index contributed by atoms with van der Waals surface area (Å²) in [5.74, 6) is -0.0966. The van der Waals surface area contributed by atoms with Crippen LogP contribution < -0.4 is 0 Å². The van der Waals surface area contributed by atoms with Crippen molar-refractivity contribution in [3.05, 3.63) is 30.1 Å². The monoisotopic (exact) mass is 326 g/mol. The second-order valence-corrected chi connectivity index (χ2v) is 8.75. The van der Waals surface area contributed by atoms with Crippen molar-refractivity contribution in [1.29, 1.82) is 0 Å². The largest absolute Gasteiger partial charge is 0.444 e. The molecule has 1 amide bonds. The lowest BCUT2D eigenvalue weighted by Gasteiger charge is -2.24. The first-order valence-corrected chi connectivity index (χ1v) is 8.98. The van der Waals surface area contributed by atoms with Crippen molar-refractivity contribution < 1.29 is 17.9 Å². The number of carbonyl (C=O) groups excluding carboxylic acids is 1. The lowest BCUT2D eigenvalue weighted by Crippen LogP contribution is -2.36. The summed E-state index contributed by atoms with van der Waals surface area (Å²) in [5.41, 5.74) is -0.0552. The molecule has 1 aromatic heterocycles. The van der Waals surface area contributed by atoms with Crippen molar-refractivity contribution in [2.24, 2.45) is 0 Å². The molecule has 7 heteroatoms. The molecule has 2 rings (SSSR count). The van der Waals surface area contributed by atoms with Crippen LogP contribution >= 0.6 is 0 Å². The first-order chi connectivity index (χ1) is 10.2. The van der Waals surface area contributed by atoms with Gasteiger partial charge >= 0.3 is 6.09 Å². The molecule has 1 fully saturated rings. The van der Waals surface area contributed by atoms with Gasteiger partial charge in [-0.3, -0.25) is 4.98 Å². The fourth-order valence-corrected chi connectivity index (χ4v) is 4.01. The summed E-state index contributed by atoms with van der Waals surface area (Å²) in [5, 5.41) is -0.554. The van der Waals surface area contributed by atoms with E-state index in [9.17, 15) is 13.2 Å². The van der Waals surface area contributed by atoms with Crippen molar-refractivity contribution in [2.75, 3.05) is 13.1 Å². The summed E-state index contributed by atoms with van der Waals surface area (Å²) in [7, 11) is -3.34. The van der Waals surface area contributed by atoms with Crippen LogP contribution in [0.1, 0.15) is 32.9 Å². The van der Waals surface area contributed by atoms with E-state index in [1.54, 1.807) is 45.2 Å². The lowest BCUT2D eigenvalue weighted by molar-refractivity contribution is 0.0295. The molecule has 1 atom stereocenters. The predicted molar refractivity (Wildman–Crippen MR) is 83.1 cm³/mol. The lowest BCUT2D eigenvalue weighted by atomic mass is 10.2. The van der Waals surface area contributed by atoms with Crippen LogP contribution in [0.5, 0.6) is 0 Å². The molecule has 0 bridgehead atoms. The SMILES string of the molecule is CC(C)(C)OC(=O)N1CC[C@@H](S(=O)(=O)Cc2ccccn2)C1. The molecule has 0 saturated carbocycles. The molecule has 0 N–H and O–H groups in total. The summed E-state index contributed by atoms with van der Waals surface area (Å²) in [6.45, 7) is 5.95. The number of aromatic nitrogens is 1. The Morgan fingerprint density at radius 1 is 1.41 bits per heavy atom. The van der Waals surface area contributed by atoms with Crippen molar-refractivity contribution in [3.63, 3.8) is 0 Å². The van der Waals surface area contributed by atoms with Crippen LogP contribution in [0.25, 0.3) is 0 Å². The quantitative estimate of drug-likeness (QED) is 0.849. The van der Waals surface area contributed by atoms with E-state index in [1.807, 2.05) is 0 Å². The van der Waals surface area contributed by atoms with Gasteiger partial charge in [-0.1, -0.05) is 6.07 Å². The number of amides is 1. The third-order valence-corrected chi connectivity index (χ3v) is 5.48. The van der Waals surface area contributed by atoms with Gasteiger partial charge in [-0.05, 0) is 39.3 Å². The minimum atomic E-state index is -3.34. The van der Waals surface area contributed by atoms with Crippen LogP contribution in [0.3, 0.4) is 0 Å². The Morgan fingerprint density at radius 3 is 2.73 bits per heavy atom. The molecule has 0 unspecified atom stereocenters. The molecule has 6 nitrogen and oxygen atoms in total. The van der Waals surface area contributed by atoms with E-state index in [0.717, 1.165) is 0 Å². The van der Waals surface area contributed by atoms with Crippen LogP contribution in [-0.2, 0) is 20.3 Å². The van der Waals surface area contributed by atoms with Gasteiger partial charge in [0.1, 0.15) is 5.60 Å². The van der Waals surface area contributed by atoms with Gasteiger partial charge in [-0.25, -0.2) is 13.2 Å². The molecule has 22 heavy (non-hydrogen) atoms.